The normalized spacial score (nSPS) is 13.3. The predicted octanol–water partition coefficient (Wildman–Crippen LogP) is 3.41. The first-order valence-corrected chi connectivity index (χ1v) is 10.1. The van der Waals surface area contributed by atoms with Gasteiger partial charge < -0.3 is 10.6 Å². The summed E-state index contributed by atoms with van der Waals surface area (Å²) in [4.78, 5) is 21.9. The molecular weight excluding hydrogens is 364 g/mol. The topological polar surface area (TPSA) is 95.6 Å². The molecule has 0 saturated carbocycles. The number of hydrogen-bond acceptors (Lipinski definition) is 6. The van der Waals surface area contributed by atoms with Crippen molar-refractivity contribution in [3.05, 3.63) is 57.5 Å². The van der Waals surface area contributed by atoms with Gasteiger partial charge >= 0.3 is 0 Å². The highest BCUT2D eigenvalue weighted by Crippen LogP contribution is 2.24. The second-order valence-corrected chi connectivity index (χ2v) is 7.32. The summed E-state index contributed by atoms with van der Waals surface area (Å²) in [5.41, 5.74) is 3.95. The maximum atomic E-state index is 12.9. The molecule has 0 fully saturated rings. The largest absolute Gasteiger partial charge is 0.324 e. The first-order chi connectivity index (χ1) is 14.1. The summed E-state index contributed by atoms with van der Waals surface area (Å²) in [5, 5.41) is 16.7. The minimum atomic E-state index is -0.292. The molecule has 0 amide bonds. The molecule has 0 saturated heterocycles. The lowest BCUT2D eigenvalue weighted by Crippen LogP contribution is -2.27. The summed E-state index contributed by atoms with van der Waals surface area (Å²) in [5.74, 6) is 0.440. The Hall–Kier alpha value is -3.24. The molecule has 0 bridgehead atoms. The third kappa shape index (κ3) is 3.59. The van der Waals surface area contributed by atoms with E-state index in [1.807, 2.05) is 26.0 Å². The van der Waals surface area contributed by atoms with Gasteiger partial charge in [0.2, 0.25) is 5.95 Å². The zero-order chi connectivity index (χ0) is 20.4. The van der Waals surface area contributed by atoms with Crippen molar-refractivity contribution < 1.29 is 0 Å². The fourth-order valence-electron chi connectivity index (χ4n) is 3.94. The molecule has 7 nitrogen and oxygen atoms in total. The molecule has 2 N–H and O–H groups in total. The molecule has 0 atom stereocenters. The minimum absolute atomic E-state index is 0.0164. The molecule has 4 rings (SSSR count). The molecule has 0 radical (unpaired) electrons. The van der Waals surface area contributed by atoms with Gasteiger partial charge in [0.1, 0.15) is 17.3 Å². The van der Waals surface area contributed by atoms with Crippen molar-refractivity contribution >= 4 is 22.7 Å². The number of nitrogens with zero attached hydrogens (tertiary/aromatic N) is 4. The van der Waals surface area contributed by atoms with Gasteiger partial charge in [-0.2, -0.15) is 10.2 Å². The molecule has 0 unspecified atom stereocenters. The second kappa shape index (κ2) is 8.02. The third-order valence-corrected chi connectivity index (χ3v) is 5.55. The summed E-state index contributed by atoms with van der Waals surface area (Å²) in [6.45, 7) is 5.94. The van der Waals surface area contributed by atoms with Crippen molar-refractivity contribution in [2.24, 2.45) is 0 Å². The van der Waals surface area contributed by atoms with E-state index in [2.05, 4.69) is 32.7 Å². The van der Waals surface area contributed by atoms with Crippen LogP contribution < -0.4 is 16.2 Å². The molecule has 1 aromatic carbocycles. The fourth-order valence-corrected chi connectivity index (χ4v) is 3.94. The number of pyridine rings is 1. The van der Waals surface area contributed by atoms with Crippen molar-refractivity contribution in [3.8, 4) is 6.07 Å². The van der Waals surface area contributed by atoms with Gasteiger partial charge in [0, 0.05) is 29.9 Å². The van der Waals surface area contributed by atoms with Crippen LogP contribution in [0.25, 0.3) is 11.0 Å². The van der Waals surface area contributed by atoms with Crippen LogP contribution in [0.1, 0.15) is 49.4 Å². The van der Waals surface area contributed by atoms with Crippen LogP contribution in [0.3, 0.4) is 0 Å². The molecule has 3 heterocycles. The SMILES string of the molecule is CCC(CC)n1c(=O)c(C#N)cc2cnc(Nc3ccc4c(c3)CCNC4)nc21. The summed E-state index contributed by atoms with van der Waals surface area (Å²) < 4.78 is 1.65. The molecule has 0 aliphatic carbocycles. The zero-order valence-corrected chi connectivity index (χ0v) is 16.7. The van der Waals surface area contributed by atoms with E-state index in [9.17, 15) is 10.1 Å². The summed E-state index contributed by atoms with van der Waals surface area (Å²) in [6, 6.07) is 9.83. The van der Waals surface area contributed by atoms with Crippen LogP contribution >= 0.6 is 0 Å². The molecule has 7 heteroatoms. The Bertz CT molecular complexity index is 1160. The van der Waals surface area contributed by atoms with Crippen LogP contribution in [0.4, 0.5) is 11.6 Å². The number of rotatable bonds is 5. The van der Waals surface area contributed by atoms with E-state index in [0.717, 1.165) is 38.0 Å². The van der Waals surface area contributed by atoms with Gasteiger partial charge in [0.15, 0.2) is 0 Å². The highest BCUT2D eigenvalue weighted by Gasteiger charge is 2.17. The van der Waals surface area contributed by atoms with Crippen molar-refractivity contribution in [1.82, 2.24) is 19.9 Å². The van der Waals surface area contributed by atoms with Crippen LogP contribution in [0, 0.1) is 11.3 Å². The van der Waals surface area contributed by atoms with Crippen LogP contribution in [-0.2, 0) is 13.0 Å². The van der Waals surface area contributed by atoms with Crippen LogP contribution in [-0.4, -0.2) is 21.1 Å². The van der Waals surface area contributed by atoms with Crippen molar-refractivity contribution in [3.63, 3.8) is 0 Å². The lowest BCUT2D eigenvalue weighted by molar-refractivity contribution is 0.469. The lowest BCUT2D eigenvalue weighted by atomic mass is 10.0. The number of nitrogens with one attached hydrogen (secondary N) is 2. The van der Waals surface area contributed by atoms with E-state index < -0.39 is 0 Å². The van der Waals surface area contributed by atoms with Crippen molar-refractivity contribution in [2.75, 3.05) is 11.9 Å². The van der Waals surface area contributed by atoms with Crippen molar-refractivity contribution in [2.45, 2.75) is 45.7 Å². The first kappa shape index (κ1) is 19.1. The number of benzene rings is 1. The van der Waals surface area contributed by atoms with Gasteiger partial charge in [-0.3, -0.25) is 9.36 Å². The number of anilines is 2. The van der Waals surface area contributed by atoms with Crippen LogP contribution in [0.15, 0.2) is 35.3 Å². The van der Waals surface area contributed by atoms with E-state index in [1.165, 1.54) is 11.1 Å². The molecule has 1 aliphatic rings. The van der Waals surface area contributed by atoms with E-state index in [-0.39, 0.29) is 17.2 Å². The average Bonchev–Trinajstić information content (AvgIpc) is 2.75. The van der Waals surface area contributed by atoms with Gasteiger partial charge in [-0.1, -0.05) is 19.9 Å². The molecule has 148 valence electrons. The Morgan fingerprint density at radius 2 is 2.10 bits per heavy atom. The highest BCUT2D eigenvalue weighted by molar-refractivity contribution is 5.77. The predicted molar refractivity (Wildman–Crippen MR) is 113 cm³/mol. The molecule has 29 heavy (non-hydrogen) atoms. The van der Waals surface area contributed by atoms with Gasteiger partial charge in [0.05, 0.1) is 0 Å². The molecule has 2 aromatic heterocycles. The maximum Gasteiger partial charge on any atom is 0.270 e. The number of nitriles is 1. The monoisotopic (exact) mass is 388 g/mol. The Labute approximate surface area is 169 Å². The number of fused-ring (bicyclic) bond motifs is 2. The number of aromatic nitrogens is 3. The second-order valence-electron chi connectivity index (χ2n) is 7.32. The smallest absolute Gasteiger partial charge is 0.270 e. The minimum Gasteiger partial charge on any atom is -0.324 e. The average molecular weight is 388 g/mol. The summed E-state index contributed by atoms with van der Waals surface area (Å²) >= 11 is 0. The van der Waals surface area contributed by atoms with E-state index in [1.54, 1.807) is 16.8 Å². The quantitative estimate of drug-likeness (QED) is 0.695. The maximum absolute atomic E-state index is 12.9. The molecule has 1 aliphatic heterocycles. The first-order valence-electron chi connectivity index (χ1n) is 10.1. The Kier molecular flexibility index (Phi) is 5.28. The van der Waals surface area contributed by atoms with E-state index >= 15 is 0 Å². The molecule has 0 spiro atoms. The fraction of sp³-hybridized carbons (Fsp3) is 0.364. The van der Waals surface area contributed by atoms with Crippen LogP contribution in [0.2, 0.25) is 0 Å². The Morgan fingerprint density at radius 3 is 2.86 bits per heavy atom. The third-order valence-electron chi connectivity index (χ3n) is 5.55. The van der Waals surface area contributed by atoms with Gasteiger partial charge in [-0.25, -0.2) is 4.98 Å². The van der Waals surface area contributed by atoms with Gasteiger partial charge in [0.25, 0.3) is 5.56 Å². The van der Waals surface area contributed by atoms with Gasteiger partial charge in [-0.15, -0.1) is 0 Å². The highest BCUT2D eigenvalue weighted by atomic mass is 16.1. The van der Waals surface area contributed by atoms with Crippen molar-refractivity contribution in [1.29, 1.82) is 5.26 Å². The molecule has 3 aromatic rings. The Morgan fingerprint density at radius 1 is 1.28 bits per heavy atom. The van der Waals surface area contributed by atoms with Crippen LogP contribution in [0.5, 0.6) is 0 Å². The lowest BCUT2D eigenvalue weighted by Gasteiger charge is -2.19. The molecular formula is C22H24N6O. The Balaban J connectivity index is 1.78. The summed E-state index contributed by atoms with van der Waals surface area (Å²) in [7, 11) is 0. The standard InChI is InChI=1S/C22H24N6O/c1-3-19(4-2)28-20-17(9-16(11-23)21(28)29)13-25-22(27-20)26-18-6-5-15-12-24-8-7-14(15)10-18/h5-6,9-10,13,19,24H,3-4,7-8,12H2,1-2H3,(H,25,26,27). The number of hydrogen-bond donors (Lipinski definition) is 2. The zero-order valence-electron chi connectivity index (χ0n) is 16.7. The van der Waals surface area contributed by atoms with E-state index in [0.29, 0.717) is 17.0 Å². The van der Waals surface area contributed by atoms with E-state index in [4.69, 9.17) is 0 Å². The summed E-state index contributed by atoms with van der Waals surface area (Å²) in [6.07, 6.45) is 4.23. The van der Waals surface area contributed by atoms with Gasteiger partial charge in [-0.05, 0) is 55.1 Å².